The molecule has 86 valence electrons. The highest BCUT2D eigenvalue weighted by atomic mass is 79.9. The van der Waals surface area contributed by atoms with E-state index in [2.05, 4.69) is 36.9 Å². The van der Waals surface area contributed by atoms with E-state index in [9.17, 15) is 10.3 Å². The van der Waals surface area contributed by atoms with Crippen LogP contribution in [0.1, 0.15) is 12.5 Å². The van der Waals surface area contributed by atoms with Gasteiger partial charge in [0.25, 0.3) is 0 Å². The minimum absolute atomic E-state index is 0.0492. The number of rotatable bonds is 1. The predicted molar refractivity (Wildman–Crippen MR) is 64.2 cm³/mol. The fraction of sp³-hybridized carbons (Fsp3) is 0.222. The minimum Gasteiger partial charge on any atom is -0.506 e. The number of benzene rings is 1. The lowest BCUT2D eigenvalue weighted by molar-refractivity contribution is -0.288. The third-order valence-electron chi connectivity index (χ3n) is 2.05. The highest BCUT2D eigenvalue weighted by Crippen LogP contribution is 2.36. The molecule has 1 aliphatic heterocycles. The van der Waals surface area contributed by atoms with Crippen molar-refractivity contribution in [2.75, 3.05) is 0 Å². The van der Waals surface area contributed by atoms with Crippen molar-refractivity contribution in [2.45, 2.75) is 13.2 Å². The van der Waals surface area contributed by atoms with Crippen molar-refractivity contribution in [2.24, 2.45) is 4.99 Å². The van der Waals surface area contributed by atoms with Crippen LogP contribution in [0.4, 0.5) is 0 Å². The summed E-state index contributed by atoms with van der Waals surface area (Å²) in [4.78, 5) is 9.01. The Morgan fingerprint density at radius 3 is 2.69 bits per heavy atom. The van der Waals surface area contributed by atoms with Gasteiger partial charge in [-0.05, 0) is 50.9 Å². The summed E-state index contributed by atoms with van der Waals surface area (Å²) in [5.74, 6) is 0.301. The number of halogens is 2. The van der Waals surface area contributed by atoms with Crippen molar-refractivity contribution in [1.82, 2.24) is 5.23 Å². The molecule has 0 bridgehead atoms. The Morgan fingerprint density at radius 1 is 1.44 bits per heavy atom. The zero-order chi connectivity index (χ0) is 11.9. The van der Waals surface area contributed by atoms with E-state index >= 15 is 0 Å². The third kappa shape index (κ3) is 1.95. The van der Waals surface area contributed by atoms with Gasteiger partial charge >= 0.3 is 0 Å². The van der Waals surface area contributed by atoms with Crippen LogP contribution in [-0.2, 0) is 4.84 Å². The van der Waals surface area contributed by atoms with Crippen LogP contribution < -0.4 is 0 Å². The van der Waals surface area contributed by atoms with Gasteiger partial charge in [0.1, 0.15) is 5.75 Å². The van der Waals surface area contributed by atoms with Crippen LogP contribution in [0.5, 0.6) is 5.75 Å². The van der Waals surface area contributed by atoms with Gasteiger partial charge in [-0.3, -0.25) is 5.21 Å². The third-order valence-corrected chi connectivity index (χ3v) is 3.49. The van der Waals surface area contributed by atoms with Gasteiger partial charge in [-0.1, -0.05) is 0 Å². The molecule has 1 aromatic carbocycles. The van der Waals surface area contributed by atoms with Crippen LogP contribution in [0.25, 0.3) is 0 Å². The Morgan fingerprint density at radius 2 is 2.12 bits per heavy atom. The van der Waals surface area contributed by atoms with Crippen molar-refractivity contribution in [3.63, 3.8) is 0 Å². The van der Waals surface area contributed by atoms with Crippen LogP contribution in [0.3, 0.4) is 0 Å². The van der Waals surface area contributed by atoms with E-state index in [4.69, 9.17) is 4.84 Å². The highest BCUT2D eigenvalue weighted by molar-refractivity contribution is 9.11. The molecular weight excluding hydrogens is 344 g/mol. The van der Waals surface area contributed by atoms with Gasteiger partial charge in [0.2, 0.25) is 0 Å². The molecule has 1 unspecified atom stereocenters. The Bertz CT molecular complexity index is 464. The molecule has 0 aromatic heterocycles. The van der Waals surface area contributed by atoms with Crippen LogP contribution in [-0.4, -0.2) is 27.6 Å². The maximum Gasteiger partial charge on any atom is 0.190 e. The zero-order valence-electron chi connectivity index (χ0n) is 8.19. The molecule has 1 aromatic rings. The second-order valence-corrected chi connectivity index (χ2v) is 4.84. The number of phenolic OH excluding ortho intramolecular Hbond substituents is 1. The lowest BCUT2D eigenvalue weighted by Gasteiger charge is -2.12. The van der Waals surface area contributed by atoms with Gasteiger partial charge in [0.15, 0.2) is 12.1 Å². The van der Waals surface area contributed by atoms with E-state index in [-0.39, 0.29) is 11.6 Å². The molecule has 1 aliphatic rings. The van der Waals surface area contributed by atoms with E-state index in [1.54, 1.807) is 19.1 Å². The standard InChI is InChI=1S/C9H8Br2N2O3/c1-4-12-9(13(15)16-4)5-2-3-6(10)8(14)7(5)11/h2-4,14-15H,1H3. The lowest BCUT2D eigenvalue weighted by Crippen LogP contribution is -2.23. The predicted octanol–water partition coefficient (Wildman–Crippen LogP) is 2.65. The largest absolute Gasteiger partial charge is 0.506 e. The van der Waals surface area contributed by atoms with Crippen molar-refractivity contribution < 1.29 is 15.2 Å². The first-order chi connectivity index (χ1) is 7.50. The van der Waals surface area contributed by atoms with Crippen molar-refractivity contribution in [3.8, 4) is 5.75 Å². The van der Waals surface area contributed by atoms with Gasteiger partial charge in [-0.15, -0.1) is 5.23 Å². The molecule has 1 atom stereocenters. The number of nitrogens with zero attached hydrogens (tertiary/aromatic N) is 2. The normalized spacial score (nSPS) is 20.1. The minimum atomic E-state index is -0.447. The van der Waals surface area contributed by atoms with Gasteiger partial charge in [-0.25, -0.2) is 9.83 Å². The fourth-order valence-electron chi connectivity index (χ4n) is 1.33. The van der Waals surface area contributed by atoms with Gasteiger partial charge < -0.3 is 5.11 Å². The smallest absolute Gasteiger partial charge is 0.190 e. The Labute approximate surface area is 109 Å². The molecule has 5 nitrogen and oxygen atoms in total. The van der Waals surface area contributed by atoms with E-state index in [1.807, 2.05) is 0 Å². The van der Waals surface area contributed by atoms with E-state index in [0.29, 0.717) is 19.7 Å². The number of amidine groups is 1. The summed E-state index contributed by atoms with van der Waals surface area (Å²) in [6.07, 6.45) is -0.447. The molecule has 0 saturated carbocycles. The monoisotopic (exact) mass is 350 g/mol. The molecule has 16 heavy (non-hydrogen) atoms. The molecular formula is C9H8Br2N2O3. The van der Waals surface area contributed by atoms with Crippen molar-refractivity contribution in [1.29, 1.82) is 0 Å². The van der Waals surface area contributed by atoms with Crippen molar-refractivity contribution >= 4 is 37.7 Å². The van der Waals surface area contributed by atoms with Gasteiger partial charge in [0, 0.05) is 5.56 Å². The van der Waals surface area contributed by atoms with Crippen molar-refractivity contribution in [3.05, 3.63) is 26.6 Å². The quantitative estimate of drug-likeness (QED) is 0.816. The molecule has 2 N–H and O–H groups in total. The molecule has 1 heterocycles. The highest BCUT2D eigenvalue weighted by Gasteiger charge is 2.26. The number of hydroxylamine groups is 2. The Kier molecular flexibility index (Phi) is 3.20. The SMILES string of the molecule is CC1N=C(c2ccc(Br)c(O)c2Br)N(O)O1. The first-order valence-corrected chi connectivity index (χ1v) is 6.00. The van der Waals surface area contributed by atoms with Gasteiger partial charge in [-0.2, -0.15) is 0 Å². The number of hydrogen-bond donors (Lipinski definition) is 2. The average molecular weight is 352 g/mol. The lowest BCUT2D eigenvalue weighted by atomic mass is 10.2. The summed E-state index contributed by atoms with van der Waals surface area (Å²) in [6, 6.07) is 3.37. The summed E-state index contributed by atoms with van der Waals surface area (Å²) in [5, 5.41) is 19.8. The summed E-state index contributed by atoms with van der Waals surface area (Å²) in [6.45, 7) is 1.70. The summed E-state index contributed by atoms with van der Waals surface area (Å²) < 4.78 is 0.998. The second-order valence-electron chi connectivity index (χ2n) is 3.19. The van der Waals surface area contributed by atoms with Gasteiger partial charge in [0.05, 0.1) is 8.95 Å². The van der Waals surface area contributed by atoms with Crippen LogP contribution in [0.15, 0.2) is 26.1 Å². The van der Waals surface area contributed by atoms with E-state index < -0.39 is 6.23 Å². The topological polar surface area (TPSA) is 65.3 Å². The first kappa shape index (κ1) is 11.8. The zero-order valence-corrected chi connectivity index (χ0v) is 11.4. The number of phenols is 1. The average Bonchev–Trinajstić information content (AvgIpc) is 2.55. The first-order valence-electron chi connectivity index (χ1n) is 4.41. The number of aromatic hydroxyl groups is 1. The van der Waals surface area contributed by atoms with E-state index in [1.165, 1.54) is 0 Å². The summed E-state index contributed by atoms with van der Waals surface area (Å²) >= 11 is 6.42. The molecule has 2 rings (SSSR count). The van der Waals surface area contributed by atoms with Crippen LogP contribution in [0.2, 0.25) is 0 Å². The molecule has 0 fully saturated rings. The molecule has 0 spiro atoms. The molecule has 0 saturated heterocycles. The van der Waals surface area contributed by atoms with Crippen LogP contribution in [0, 0.1) is 0 Å². The molecule has 7 heteroatoms. The van der Waals surface area contributed by atoms with Crippen LogP contribution >= 0.6 is 31.9 Å². The fourth-order valence-corrected chi connectivity index (χ4v) is 2.45. The Hall–Kier alpha value is -0.630. The second kappa shape index (κ2) is 4.33. The summed E-state index contributed by atoms with van der Waals surface area (Å²) in [7, 11) is 0. The maximum atomic E-state index is 9.71. The number of aliphatic imine (C=N–C) groups is 1. The molecule has 0 radical (unpaired) electrons. The summed E-state index contributed by atoms with van der Waals surface area (Å²) in [5.41, 5.74) is 0.549. The Balaban J connectivity index is 2.50. The molecule has 0 aliphatic carbocycles. The van der Waals surface area contributed by atoms with E-state index in [0.717, 1.165) is 0 Å². The maximum absolute atomic E-state index is 9.71. The number of hydrogen-bond acceptors (Lipinski definition) is 5. The molecule has 0 amide bonds.